The van der Waals surface area contributed by atoms with E-state index in [9.17, 15) is 0 Å². The molecule has 1 aromatic rings. The predicted molar refractivity (Wildman–Crippen MR) is 84.6 cm³/mol. The van der Waals surface area contributed by atoms with E-state index in [1.807, 2.05) is 12.1 Å². The molecule has 3 nitrogen and oxygen atoms in total. The Morgan fingerprint density at radius 3 is 2.62 bits per heavy atom. The minimum atomic E-state index is 0.00341. The zero-order valence-corrected chi connectivity index (χ0v) is 13.1. The van der Waals surface area contributed by atoms with Gasteiger partial charge in [0.25, 0.3) is 0 Å². The maximum absolute atomic E-state index is 5.56. The molecule has 3 heteroatoms. The Morgan fingerprint density at radius 1 is 1.24 bits per heavy atom. The third kappa shape index (κ3) is 5.90. The van der Waals surface area contributed by atoms with Gasteiger partial charge in [-0.2, -0.15) is 0 Å². The van der Waals surface area contributed by atoms with Gasteiger partial charge in [0.1, 0.15) is 5.75 Å². The van der Waals surface area contributed by atoms with Gasteiger partial charge in [0.2, 0.25) is 0 Å². The van der Waals surface area contributed by atoms with Crippen molar-refractivity contribution in [3.63, 3.8) is 0 Å². The topological polar surface area (TPSA) is 27.7 Å². The summed E-state index contributed by atoms with van der Waals surface area (Å²) in [6, 6.07) is 8.30. The molecule has 1 aromatic carbocycles. The van der Waals surface area contributed by atoms with Gasteiger partial charge in [-0.1, -0.05) is 23.8 Å². The summed E-state index contributed by atoms with van der Waals surface area (Å²) in [5.41, 5.74) is 2.76. The number of aryl methyl sites for hydroxylation is 1. The molecule has 1 fully saturated rings. The van der Waals surface area contributed by atoms with Crippen molar-refractivity contribution >= 4 is 0 Å². The van der Waals surface area contributed by atoms with Crippen LogP contribution in [0.1, 0.15) is 38.2 Å². The van der Waals surface area contributed by atoms with E-state index in [0.29, 0.717) is 0 Å². The first-order valence-electron chi connectivity index (χ1n) is 7.79. The van der Waals surface area contributed by atoms with E-state index < -0.39 is 0 Å². The molecule has 0 radical (unpaired) electrons. The van der Waals surface area contributed by atoms with Crippen molar-refractivity contribution in [2.24, 2.45) is 0 Å². The van der Waals surface area contributed by atoms with Crippen LogP contribution in [0.25, 0.3) is 0 Å². The van der Waals surface area contributed by atoms with Crippen LogP contribution in [-0.2, 0) is 15.9 Å². The maximum atomic E-state index is 5.56. The first-order valence-corrected chi connectivity index (χ1v) is 7.79. The van der Waals surface area contributed by atoms with Gasteiger partial charge in [0.15, 0.2) is 6.29 Å². The van der Waals surface area contributed by atoms with Gasteiger partial charge in [0.05, 0.1) is 20.3 Å². The van der Waals surface area contributed by atoms with Crippen molar-refractivity contribution in [3.05, 3.63) is 41.5 Å². The van der Waals surface area contributed by atoms with Gasteiger partial charge in [-0.25, -0.2) is 0 Å². The molecule has 0 bridgehead atoms. The highest BCUT2D eigenvalue weighted by Gasteiger charge is 2.13. The Labute approximate surface area is 127 Å². The SMILES string of the molecule is COc1ccc(CC/C=C(\C)CCC2OCCCO2)cc1. The largest absolute Gasteiger partial charge is 0.497 e. The van der Waals surface area contributed by atoms with Crippen molar-refractivity contribution in [1.29, 1.82) is 0 Å². The van der Waals surface area contributed by atoms with Crippen molar-refractivity contribution in [3.8, 4) is 5.75 Å². The van der Waals surface area contributed by atoms with E-state index in [4.69, 9.17) is 14.2 Å². The molecule has 0 aromatic heterocycles. The van der Waals surface area contributed by atoms with E-state index in [1.54, 1.807) is 7.11 Å². The molecular formula is C18H26O3. The summed E-state index contributed by atoms with van der Waals surface area (Å²) in [4.78, 5) is 0. The number of methoxy groups -OCH3 is 1. The summed E-state index contributed by atoms with van der Waals surface area (Å²) < 4.78 is 16.3. The van der Waals surface area contributed by atoms with Gasteiger partial charge >= 0.3 is 0 Å². The van der Waals surface area contributed by atoms with Crippen molar-refractivity contribution in [2.75, 3.05) is 20.3 Å². The molecular weight excluding hydrogens is 264 g/mol. The third-order valence-corrected chi connectivity index (χ3v) is 3.76. The molecule has 1 aliphatic heterocycles. The maximum Gasteiger partial charge on any atom is 0.157 e. The Bertz CT molecular complexity index is 430. The monoisotopic (exact) mass is 290 g/mol. The van der Waals surface area contributed by atoms with Gasteiger partial charge in [-0.05, 0) is 50.3 Å². The second-order valence-corrected chi connectivity index (χ2v) is 5.50. The standard InChI is InChI=1S/C18H26O3/c1-15(7-12-18-20-13-4-14-21-18)5-3-6-16-8-10-17(19-2)11-9-16/h5,8-11,18H,3-4,6-7,12-14H2,1-2H3/b15-5+. The van der Waals surface area contributed by atoms with E-state index >= 15 is 0 Å². The fourth-order valence-electron chi connectivity index (χ4n) is 2.43. The molecule has 0 N–H and O–H groups in total. The highest BCUT2D eigenvalue weighted by Crippen LogP contribution is 2.16. The van der Waals surface area contributed by atoms with Gasteiger partial charge in [0, 0.05) is 6.42 Å². The number of allylic oxidation sites excluding steroid dienone is 2. The molecule has 1 heterocycles. The van der Waals surface area contributed by atoms with Crippen molar-refractivity contribution in [1.82, 2.24) is 0 Å². The Balaban J connectivity index is 1.67. The molecule has 1 aliphatic rings. The number of ether oxygens (including phenoxy) is 3. The van der Waals surface area contributed by atoms with Gasteiger partial charge in [-0.15, -0.1) is 0 Å². The number of hydrogen-bond donors (Lipinski definition) is 0. The van der Waals surface area contributed by atoms with Crippen LogP contribution in [0.5, 0.6) is 5.75 Å². The summed E-state index contributed by atoms with van der Waals surface area (Å²) in [5, 5.41) is 0. The van der Waals surface area contributed by atoms with E-state index in [2.05, 4.69) is 25.1 Å². The second-order valence-electron chi connectivity index (χ2n) is 5.50. The Hall–Kier alpha value is -1.32. The summed E-state index contributed by atoms with van der Waals surface area (Å²) in [6.45, 7) is 3.87. The first-order chi connectivity index (χ1) is 10.3. The minimum absolute atomic E-state index is 0.00341. The molecule has 1 saturated heterocycles. The highest BCUT2D eigenvalue weighted by molar-refractivity contribution is 5.27. The summed E-state index contributed by atoms with van der Waals surface area (Å²) in [5.74, 6) is 0.915. The smallest absolute Gasteiger partial charge is 0.157 e. The Morgan fingerprint density at radius 2 is 1.95 bits per heavy atom. The van der Waals surface area contributed by atoms with Crippen LogP contribution in [0.15, 0.2) is 35.9 Å². The molecule has 2 rings (SSSR count). The van der Waals surface area contributed by atoms with Crippen molar-refractivity contribution < 1.29 is 14.2 Å². The average Bonchev–Trinajstić information content (AvgIpc) is 2.54. The zero-order valence-electron chi connectivity index (χ0n) is 13.1. The van der Waals surface area contributed by atoms with Crippen LogP contribution < -0.4 is 4.74 Å². The van der Waals surface area contributed by atoms with Gasteiger partial charge < -0.3 is 14.2 Å². The number of rotatable bonds is 7. The lowest BCUT2D eigenvalue weighted by Crippen LogP contribution is -2.24. The number of benzene rings is 1. The summed E-state index contributed by atoms with van der Waals surface area (Å²) >= 11 is 0. The fourth-order valence-corrected chi connectivity index (χ4v) is 2.43. The van der Waals surface area contributed by atoms with Crippen LogP contribution in [0.3, 0.4) is 0 Å². The molecule has 0 unspecified atom stereocenters. The molecule has 0 saturated carbocycles. The average molecular weight is 290 g/mol. The van der Waals surface area contributed by atoms with Crippen LogP contribution >= 0.6 is 0 Å². The lowest BCUT2D eigenvalue weighted by atomic mass is 10.1. The first kappa shape index (κ1) is 16.1. The summed E-state index contributed by atoms with van der Waals surface area (Å²) in [6.07, 6.45) is 7.50. The molecule has 0 amide bonds. The molecule has 0 spiro atoms. The molecule has 21 heavy (non-hydrogen) atoms. The zero-order chi connectivity index (χ0) is 14.9. The van der Waals surface area contributed by atoms with E-state index in [-0.39, 0.29) is 6.29 Å². The van der Waals surface area contributed by atoms with Gasteiger partial charge in [-0.3, -0.25) is 0 Å². The van der Waals surface area contributed by atoms with Crippen molar-refractivity contribution in [2.45, 2.75) is 45.3 Å². The third-order valence-electron chi connectivity index (χ3n) is 3.76. The lowest BCUT2D eigenvalue weighted by Gasteiger charge is -2.23. The molecule has 0 atom stereocenters. The lowest BCUT2D eigenvalue weighted by molar-refractivity contribution is -0.180. The van der Waals surface area contributed by atoms with Crippen LogP contribution in [-0.4, -0.2) is 26.6 Å². The Kier molecular flexibility index (Phi) is 6.77. The van der Waals surface area contributed by atoms with E-state index in [1.165, 1.54) is 11.1 Å². The van der Waals surface area contributed by atoms with Crippen LogP contribution in [0.2, 0.25) is 0 Å². The number of hydrogen-bond acceptors (Lipinski definition) is 3. The highest BCUT2D eigenvalue weighted by atomic mass is 16.7. The van der Waals surface area contributed by atoms with Crippen LogP contribution in [0, 0.1) is 0 Å². The van der Waals surface area contributed by atoms with Crippen LogP contribution in [0.4, 0.5) is 0 Å². The fraction of sp³-hybridized carbons (Fsp3) is 0.556. The molecule has 116 valence electrons. The predicted octanol–water partition coefficient (Wildman–Crippen LogP) is 4.12. The molecule has 0 aliphatic carbocycles. The normalized spacial score (nSPS) is 17.0. The summed E-state index contributed by atoms with van der Waals surface area (Å²) in [7, 11) is 1.70. The van der Waals surface area contributed by atoms with E-state index in [0.717, 1.165) is 51.1 Å². The second kappa shape index (κ2) is 8.85. The quantitative estimate of drug-likeness (QED) is 0.707. The minimum Gasteiger partial charge on any atom is -0.497 e.